The Labute approximate surface area is 119 Å². The van der Waals surface area contributed by atoms with Crippen LogP contribution in [0.1, 0.15) is 12.5 Å². The fraction of sp³-hybridized carbons (Fsp3) is 0.200. The third-order valence-corrected chi connectivity index (χ3v) is 5.00. The van der Waals surface area contributed by atoms with Gasteiger partial charge in [-0.3, -0.25) is 4.31 Å². The molecule has 5 heteroatoms. The lowest BCUT2D eigenvalue weighted by atomic mass is 10.2. The molecule has 0 atom stereocenters. The average Bonchev–Trinajstić information content (AvgIpc) is 2.41. The van der Waals surface area contributed by atoms with Gasteiger partial charge in [-0.1, -0.05) is 24.3 Å². The summed E-state index contributed by atoms with van der Waals surface area (Å²) in [5.41, 5.74) is 7.73. The maximum absolute atomic E-state index is 12.7. The molecule has 0 unspecified atom stereocenters. The van der Waals surface area contributed by atoms with Crippen molar-refractivity contribution in [2.24, 2.45) is 0 Å². The lowest BCUT2D eigenvalue weighted by Gasteiger charge is -2.24. The number of sulfonamides is 1. The summed E-state index contributed by atoms with van der Waals surface area (Å²) in [7, 11) is -3.60. The molecule has 0 amide bonds. The minimum atomic E-state index is -3.60. The number of hydrogen-bond acceptors (Lipinski definition) is 3. The van der Waals surface area contributed by atoms with E-state index in [-0.39, 0.29) is 4.90 Å². The van der Waals surface area contributed by atoms with Gasteiger partial charge in [0.1, 0.15) is 0 Å². The number of aryl methyl sites for hydroxylation is 1. The number of nitrogen functional groups attached to an aromatic ring is 1. The van der Waals surface area contributed by atoms with Gasteiger partial charge in [0, 0.05) is 12.2 Å². The quantitative estimate of drug-likeness (QED) is 0.881. The molecule has 0 heterocycles. The Balaban J connectivity index is 2.54. The molecule has 2 aromatic carbocycles. The summed E-state index contributed by atoms with van der Waals surface area (Å²) < 4.78 is 26.9. The standard InChI is InChI=1S/C15H18N2O2S/c1-3-17(15-10-5-4-7-12(15)2)20(18,19)14-9-6-8-13(16)11-14/h4-11H,3,16H2,1-2H3. The predicted molar refractivity (Wildman–Crippen MR) is 82.2 cm³/mol. The third-order valence-electron chi connectivity index (χ3n) is 3.12. The van der Waals surface area contributed by atoms with Crippen LogP contribution >= 0.6 is 0 Å². The first kappa shape index (κ1) is 14.4. The molecule has 20 heavy (non-hydrogen) atoms. The molecule has 0 radical (unpaired) electrons. The summed E-state index contributed by atoms with van der Waals surface area (Å²) in [4.78, 5) is 0.211. The largest absolute Gasteiger partial charge is 0.399 e. The van der Waals surface area contributed by atoms with Crippen molar-refractivity contribution in [3.05, 3.63) is 54.1 Å². The molecule has 0 fully saturated rings. The van der Waals surface area contributed by atoms with Crippen LogP contribution in [0.5, 0.6) is 0 Å². The second-order valence-corrected chi connectivity index (χ2v) is 6.39. The fourth-order valence-electron chi connectivity index (χ4n) is 2.12. The van der Waals surface area contributed by atoms with Crippen LogP contribution in [-0.4, -0.2) is 15.0 Å². The van der Waals surface area contributed by atoms with Crippen molar-refractivity contribution < 1.29 is 8.42 Å². The Hall–Kier alpha value is -2.01. The van der Waals surface area contributed by atoms with Gasteiger partial charge >= 0.3 is 0 Å². The Morgan fingerprint density at radius 2 is 1.80 bits per heavy atom. The molecule has 4 nitrogen and oxygen atoms in total. The third kappa shape index (κ3) is 2.63. The zero-order chi connectivity index (χ0) is 14.8. The number of hydrogen-bond donors (Lipinski definition) is 1. The summed E-state index contributed by atoms with van der Waals surface area (Å²) in [6.07, 6.45) is 0. The number of anilines is 2. The molecule has 2 rings (SSSR count). The summed E-state index contributed by atoms with van der Waals surface area (Å²) >= 11 is 0. The molecule has 2 aromatic rings. The van der Waals surface area contributed by atoms with Gasteiger partial charge in [-0.15, -0.1) is 0 Å². The Kier molecular flexibility index (Phi) is 3.99. The van der Waals surface area contributed by atoms with Gasteiger partial charge in [0.2, 0.25) is 0 Å². The first-order chi connectivity index (χ1) is 9.46. The van der Waals surface area contributed by atoms with E-state index in [1.54, 1.807) is 18.2 Å². The van der Waals surface area contributed by atoms with Gasteiger partial charge in [-0.05, 0) is 43.7 Å². The van der Waals surface area contributed by atoms with Crippen molar-refractivity contribution in [2.45, 2.75) is 18.7 Å². The van der Waals surface area contributed by atoms with Crippen molar-refractivity contribution in [1.82, 2.24) is 0 Å². The van der Waals surface area contributed by atoms with E-state index < -0.39 is 10.0 Å². The van der Waals surface area contributed by atoms with E-state index in [2.05, 4.69) is 0 Å². The molecular formula is C15H18N2O2S. The topological polar surface area (TPSA) is 63.4 Å². The number of para-hydroxylation sites is 1. The SMILES string of the molecule is CCN(c1ccccc1C)S(=O)(=O)c1cccc(N)c1. The van der Waals surface area contributed by atoms with E-state index in [4.69, 9.17) is 5.73 Å². The van der Waals surface area contributed by atoms with E-state index in [0.29, 0.717) is 17.9 Å². The van der Waals surface area contributed by atoms with E-state index in [1.807, 2.05) is 38.1 Å². The minimum absolute atomic E-state index is 0.211. The van der Waals surface area contributed by atoms with Gasteiger partial charge in [0.05, 0.1) is 10.6 Å². The van der Waals surface area contributed by atoms with E-state index in [9.17, 15) is 8.42 Å². The first-order valence-corrected chi connectivity index (χ1v) is 7.84. The lowest BCUT2D eigenvalue weighted by Crippen LogP contribution is -2.31. The normalized spacial score (nSPS) is 11.3. The fourth-order valence-corrected chi connectivity index (χ4v) is 3.71. The number of benzene rings is 2. The zero-order valence-corrected chi connectivity index (χ0v) is 12.4. The summed E-state index contributed by atoms with van der Waals surface area (Å²) in [5, 5.41) is 0. The van der Waals surface area contributed by atoms with Gasteiger partial charge in [-0.2, -0.15) is 0 Å². The highest BCUT2D eigenvalue weighted by Gasteiger charge is 2.24. The molecule has 0 saturated heterocycles. The Morgan fingerprint density at radius 3 is 2.40 bits per heavy atom. The van der Waals surface area contributed by atoms with E-state index in [0.717, 1.165) is 5.56 Å². The van der Waals surface area contributed by atoms with Crippen LogP contribution < -0.4 is 10.0 Å². The molecule has 0 aliphatic rings. The molecule has 0 bridgehead atoms. The lowest BCUT2D eigenvalue weighted by molar-refractivity contribution is 0.592. The molecule has 0 spiro atoms. The highest BCUT2D eigenvalue weighted by molar-refractivity contribution is 7.92. The van der Waals surface area contributed by atoms with Crippen molar-refractivity contribution >= 4 is 21.4 Å². The second kappa shape index (κ2) is 5.54. The molecule has 0 aliphatic heterocycles. The van der Waals surface area contributed by atoms with E-state index >= 15 is 0 Å². The molecular weight excluding hydrogens is 272 g/mol. The van der Waals surface area contributed by atoms with E-state index in [1.165, 1.54) is 10.4 Å². The predicted octanol–water partition coefficient (Wildman–Crippen LogP) is 2.79. The van der Waals surface area contributed by atoms with Gasteiger partial charge in [-0.25, -0.2) is 8.42 Å². The molecule has 0 aliphatic carbocycles. The van der Waals surface area contributed by atoms with Crippen LogP contribution in [0.15, 0.2) is 53.4 Å². The number of nitrogens with two attached hydrogens (primary N) is 1. The average molecular weight is 290 g/mol. The maximum atomic E-state index is 12.7. The van der Waals surface area contributed by atoms with Crippen LogP contribution in [0.3, 0.4) is 0 Å². The van der Waals surface area contributed by atoms with Gasteiger partial charge < -0.3 is 5.73 Å². The first-order valence-electron chi connectivity index (χ1n) is 6.40. The molecule has 0 aromatic heterocycles. The van der Waals surface area contributed by atoms with Crippen molar-refractivity contribution in [3.63, 3.8) is 0 Å². The Morgan fingerprint density at radius 1 is 1.10 bits per heavy atom. The smallest absolute Gasteiger partial charge is 0.264 e. The number of rotatable bonds is 4. The second-order valence-electron chi connectivity index (χ2n) is 4.53. The number of nitrogens with zero attached hydrogens (tertiary/aromatic N) is 1. The zero-order valence-electron chi connectivity index (χ0n) is 11.6. The molecule has 2 N–H and O–H groups in total. The van der Waals surface area contributed by atoms with Crippen LogP contribution in [0.2, 0.25) is 0 Å². The monoisotopic (exact) mass is 290 g/mol. The highest BCUT2D eigenvalue weighted by atomic mass is 32.2. The van der Waals surface area contributed by atoms with Gasteiger partial charge in [0.25, 0.3) is 10.0 Å². The van der Waals surface area contributed by atoms with Crippen LogP contribution in [-0.2, 0) is 10.0 Å². The minimum Gasteiger partial charge on any atom is -0.399 e. The summed E-state index contributed by atoms with van der Waals surface area (Å²) in [6, 6.07) is 13.8. The molecule has 0 saturated carbocycles. The van der Waals surface area contributed by atoms with Crippen LogP contribution in [0.25, 0.3) is 0 Å². The van der Waals surface area contributed by atoms with Crippen molar-refractivity contribution in [3.8, 4) is 0 Å². The molecule has 106 valence electrons. The summed E-state index contributed by atoms with van der Waals surface area (Å²) in [6.45, 7) is 4.07. The highest BCUT2D eigenvalue weighted by Crippen LogP contribution is 2.26. The maximum Gasteiger partial charge on any atom is 0.264 e. The Bertz CT molecular complexity index is 711. The summed E-state index contributed by atoms with van der Waals surface area (Å²) in [5.74, 6) is 0. The van der Waals surface area contributed by atoms with Crippen LogP contribution in [0, 0.1) is 6.92 Å². The van der Waals surface area contributed by atoms with Gasteiger partial charge in [0.15, 0.2) is 0 Å². The van der Waals surface area contributed by atoms with Crippen molar-refractivity contribution in [2.75, 3.05) is 16.6 Å². The van der Waals surface area contributed by atoms with Crippen molar-refractivity contribution in [1.29, 1.82) is 0 Å². The van der Waals surface area contributed by atoms with Crippen LogP contribution in [0.4, 0.5) is 11.4 Å².